The maximum Gasteiger partial charge on any atom is 0.261 e. The minimum Gasteiger partial charge on any atom is -0.463 e. The molecule has 0 radical (unpaired) electrons. The van der Waals surface area contributed by atoms with Crippen LogP contribution in [0.1, 0.15) is 17.9 Å². The number of nitrogens with two attached hydrogens (primary N) is 1. The van der Waals surface area contributed by atoms with E-state index in [1.54, 1.807) is 42.1 Å². The van der Waals surface area contributed by atoms with E-state index in [0.29, 0.717) is 17.2 Å². The van der Waals surface area contributed by atoms with Crippen molar-refractivity contribution in [2.24, 2.45) is 0 Å². The molecular weight excluding hydrogens is 396 g/mol. The number of nitrogens with zero attached hydrogens (tertiary/aromatic N) is 3. The lowest BCUT2D eigenvalue weighted by Gasteiger charge is -2.10. The quantitative estimate of drug-likeness (QED) is 0.283. The summed E-state index contributed by atoms with van der Waals surface area (Å²) in [6.45, 7) is 2.07. The van der Waals surface area contributed by atoms with Gasteiger partial charge >= 0.3 is 0 Å². The third kappa shape index (κ3) is 6.48. The molecule has 3 heterocycles. The van der Waals surface area contributed by atoms with Gasteiger partial charge in [-0.3, -0.25) is 9.54 Å². The molecule has 3 rings (SSSR count). The summed E-state index contributed by atoms with van der Waals surface area (Å²) in [6.07, 6.45) is 6.09. The van der Waals surface area contributed by atoms with Crippen molar-refractivity contribution in [3.05, 3.63) is 36.4 Å². The molecule has 3 aromatic heterocycles. The van der Waals surface area contributed by atoms with Crippen molar-refractivity contribution in [1.82, 2.24) is 15.0 Å². The Morgan fingerprint density at radius 1 is 1.31 bits per heavy atom. The van der Waals surface area contributed by atoms with Gasteiger partial charge in [-0.05, 0) is 25.3 Å². The minimum atomic E-state index is -3.67. The molecular formula is C15H18N4O4S3. The predicted octanol–water partition coefficient (Wildman–Crippen LogP) is 3.28. The molecule has 0 bridgehead atoms. The summed E-state index contributed by atoms with van der Waals surface area (Å²) in [7, 11) is -3.67. The summed E-state index contributed by atoms with van der Waals surface area (Å²) in [4.78, 5) is 13.2. The molecule has 3 N–H and O–H groups in total. The van der Waals surface area contributed by atoms with Gasteiger partial charge in [0.25, 0.3) is 10.1 Å². The number of hydrogen-bond donors (Lipinski definition) is 2. The lowest BCUT2D eigenvalue weighted by molar-refractivity contribution is 0.490. The fourth-order valence-corrected chi connectivity index (χ4v) is 3.25. The molecule has 0 saturated carbocycles. The van der Waals surface area contributed by atoms with Gasteiger partial charge in [-0.2, -0.15) is 8.42 Å². The zero-order valence-electron chi connectivity index (χ0n) is 14.3. The summed E-state index contributed by atoms with van der Waals surface area (Å²) in [5, 5.41) is 2.71. The van der Waals surface area contributed by atoms with Crippen molar-refractivity contribution in [3.63, 3.8) is 0 Å². The van der Waals surface area contributed by atoms with E-state index >= 15 is 0 Å². The number of hydrogen-bond acceptors (Lipinski definition) is 9. The average Bonchev–Trinajstić information content (AvgIpc) is 3.00. The van der Waals surface area contributed by atoms with Crippen molar-refractivity contribution in [3.8, 4) is 0 Å². The fourth-order valence-electron chi connectivity index (χ4n) is 1.90. The third-order valence-electron chi connectivity index (χ3n) is 2.97. The average molecular weight is 415 g/mol. The first-order valence-electron chi connectivity index (χ1n) is 7.26. The van der Waals surface area contributed by atoms with Crippen LogP contribution in [0.25, 0.3) is 11.0 Å². The first kappa shape index (κ1) is 20.5. The van der Waals surface area contributed by atoms with Gasteiger partial charge in [0.1, 0.15) is 10.8 Å². The molecule has 8 nitrogen and oxygen atoms in total. The standard InChI is InChI=1S/C14H14N4OS2.CH4O3S/c1-8(10-5-9-3-4-19-11(9)7-16-10)21-14-17-12(15)6-13(18-14)20-2;1-5(2,3)4/h3-8H,1-2H3,(H2,15,17,18);1H3,(H,2,3,4)/t8-;/m0./s1. The summed E-state index contributed by atoms with van der Waals surface area (Å²) in [6, 6.07) is 5.73. The van der Waals surface area contributed by atoms with E-state index in [-0.39, 0.29) is 5.25 Å². The Morgan fingerprint density at radius 3 is 2.65 bits per heavy atom. The minimum absolute atomic E-state index is 0.126. The molecule has 0 aliphatic carbocycles. The van der Waals surface area contributed by atoms with Crippen molar-refractivity contribution in [2.45, 2.75) is 22.4 Å². The Balaban J connectivity index is 0.000000431. The van der Waals surface area contributed by atoms with Crippen LogP contribution in [0.15, 0.2) is 45.3 Å². The molecule has 0 fully saturated rings. The second-order valence-electron chi connectivity index (χ2n) is 5.18. The molecule has 140 valence electrons. The third-order valence-corrected chi connectivity index (χ3v) is 4.59. The van der Waals surface area contributed by atoms with Gasteiger partial charge < -0.3 is 10.2 Å². The van der Waals surface area contributed by atoms with Crippen molar-refractivity contribution >= 4 is 50.4 Å². The van der Waals surface area contributed by atoms with Crippen LogP contribution in [-0.4, -0.2) is 40.4 Å². The number of fused-ring (bicyclic) bond motifs is 1. The molecule has 11 heteroatoms. The fraction of sp³-hybridized carbons (Fsp3) is 0.267. The number of thioether (sulfide) groups is 2. The highest BCUT2D eigenvalue weighted by Crippen LogP contribution is 2.34. The lowest BCUT2D eigenvalue weighted by Crippen LogP contribution is -1.99. The van der Waals surface area contributed by atoms with Gasteiger partial charge in [0.2, 0.25) is 0 Å². The maximum atomic E-state index is 9.19. The van der Waals surface area contributed by atoms with E-state index in [2.05, 4.69) is 21.9 Å². The zero-order valence-corrected chi connectivity index (χ0v) is 16.7. The molecule has 0 unspecified atom stereocenters. The van der Waals surface area contributed by atoms with Gasteiger partial charge in [0.05, 0.1) is 29.7 Å². The van der Waals surface area contributed by atoms with Gasteiger partial charge in [-0.1, -0.05) is 11.8 Å². The molecule has 0 spiro atoms. The number of nitrogen functional groups attached to an aromatic ring is 1. The van der Waals surface area contributed by atoms with Gasteiger partial charge in [-0.25, -0.2) is 9.97 Å². The Hall–Kier alpha value is -1.82. The smallest absolute Gasteiger partial charge is 0.261 e. The van der Waals surface area contributed by atoms with E-state index < -0.39 is 10.1 Å². The number of aromatic nitrogens is 3. The number of anilines is 1. The monoisotopic (exact) mass is 414 g/mol. The zero-order chi connectivity index (χ0) is 19.3. The normalized spacial score (nSPS) is 12.5. The van der Waals surface area contributed by atoms with Gasteiger partial charge in [-0.15, -0.1) is 11.8 Å². The second-order valence-corrected chi connectivity index (χ2v) is 8.78. The highest BCUT2D eigenvalue weighted by molar-refractivity contribution is 7.99. The highest BCUT2D eigenvalue weighted by atomic mass is 32.2. The van der Waals surface area contributed by atoms with Crippen LogP contribution in [0.2, 0.25) is 0 Å². The van der Waals surface area contributed by atoms with E-state index in [1.165, 1.54) is 0 Å². The topological polar surface area (TPSA) is 132 Å². The van der Waals surface area contributed by atoms with Crippen LogP contribution in [0.4, 0.5) is 5.82 Å². The lowest BCUT2D eigenvalue weighted by atomic mass is 10.2. The van der Waals surface area contributed by atoms with Gasteiger partial charge in [0.15, 0.2) is 10.7 Å². The summed E-state index contributed by atoms with van der Waals surface area (Å²) < 4.78 is 31.2. The van der Waals surface area contributed by atoms with Crippen molar-refractivity contribution in [2.75, 3.05) is 18.2 Å². The summed E-state index contributed by atoms with van der Waals surface area (Å²) in [5.74, 6) is 0.488. The second kappa shape index (κ2) is 8.71. The number of pyridine rings is 1. The van der Waals surface area contributed by atoms with Crippen molar-refractivity contribution in [1.29, 1.82) is 0 Å². The van der Waals surface area contributed by atoms with Crippen LogP contribution in [0.5, 0.6) is 0 Å². The molecule has 0 aromatic carbocycles. The van der Waals surface area contributed by atoms with E-state index in [0.717, 1.165) is 21.7 Å². The molecule has 0 aliphatic rings. The molecule has 3 aromatic rings. The Labute approximate surface area is 159 Å². The SMILES string of the molecule is CS(=O)(=O)O.CSc1cc(N)nc(S[C@@H](C)c2cc3ccoc3cn2)n1. The van der Waals surface area contributed by atoms with E-state index in [4.69, 9.17) is 14.7 Å². The molecule has 26 heavy (non-hydrogen) atoms. The Morgan fingerprint density at radius 2 is 2.00 bits per heavy atom. The van der Waals surface area contributed by atoms with Crippen LogP contribution in [0.3, 0.4) is 0 Å². The van der Waals surface area contributed by atoms with Crippen LogP contribution in [-0.2, 0) is 10.1 Å². The summed E-state index contributed by atoms with van der Waals surface area (Å²) >= 11 is 3.09. The van der Waals surface area contributed by atoms with Crippen molar-refractivity contribution < 1.29 is 17.4 Å². The van der Waals surface area contributed by atoms with Gasteiger partial charge in [0, 0.05) is 11.5 Å². The van der Waals surface area contributed by atoms with Crippen LogP contribution < -0.4 is 5.73 Å². The molecule has 0 saturated heterocycles. The van der Waals surface area contributed by atoms with Crippen LogP contribution >= 0.6 is 23.5 Å². The molecule has 1 atom stereocenters. The first-order valence-corrected chi connectivity index (χ1v) is 11.2. The molecule has 0 aliphatic heterocycles. The summed E-state index contributed by atoms with van der Waals surface area (Å²) in [5.41, 5.74) is 7.56. The highest BCUT2D eigenvalue weighted by Gasteiger charge is 2.13. The largest absolute Gasteiger partial charge is 0.463 e. The first-order chi connectivity index (χ1) is 12.2. The number of rotatable bonds is 4. The van der Waals surface area contributed by atoms with E-state index in [1.807, 2.05) is 18.4 Å². The van der Waals surface area contributed by atoms with Crippen LogP contribution in [0, 0.1) is 0 Å². The maximum absolute atomic E-state index is 9.19. The number of furan rings is 1. The Kier molecular flexibility index (Phi) is 6.87. The predicted molar refractivity (Wildman–Crippen MR) is 104 cm³/mol. The van der Waals surface area contributed by atoms with E-state index in [9.17, 15) is 8.42 Å². The molecule has 0 amide bonds. The Bertz CT molecular complexity index is 983.